The molecule has 0 saturated carbocycles. The van der Waals surface area contributed by atoms with Gasteiger partial charge < -0.3 is 14.2 Å². The lowest BCUT2D eigenvalue weighted by atomic mass is 10.0. The molecule has 0 aromatic carbocycles. The van der Waals surface area contributed by atoms with Crippen LogP contribution in [0.5, 0.6) is 0 Å². The van der Waals surface area contributed by atoms with Gasteiger partial charge in [0.25, 0.3) is 0 Å². The van der Waals surface area contributed by atoms with Gasteiger partial charge in [-0.2, -0.15) is 5.10 Å². The number of furan rings is 2. The van der Waals surface area contributed by atoms with E-state index in [1.54, 1.807) is 23.4 Å². The van der Waals surface area contributed by atoms with Crippen molar-refractivity contribution in [2.75, 3.05) is 11.9 Å². The Labute approximate surface area is 132 Å². The lowest BCUT2D eigenvalue weighted by Gasteiger charge is -2.14. The molecule has 0 fully saturated rings. The van der Waals surface area contributed by atoms with Gasteiger partial charge in [-0.05, 0) is 24.3 Å². The first-order chi connectivity index (χ1) is 11.3. The van der Waals surface area contributed by atoms with Crippen LogP contribution in [0.4, 0.5) is 5.82 Å². The van der Waals surface area contributed by atoms with Crippen molar-refractivity contribution in [3.8, 4) is 0 Å². The van der Waals surface area contributed by atoms with Gasteiger partial charge in [-0.25, -0.2) is 9.97 Å². The van der Waals surface area contributed by atoms with E-state index in [1.165, 1.54) is 6.33 Å². The smallest absolute Gasteiger partial charge is 0.163 e. The molecule has 7 heteroatoms. The van der Waals surface area contributed by atoms with Gasteiger partial charge in [-0.1, -0.05) is 0 Å². The second-order valence-electron chi connectivity index (χ2n) is 5.19. The summed E-state index contributed by atoms with van der Waals surface area (Å²) >= 11 is 0. The first-order valence-electron chi connectivity index (χ1n) is 7.26. The van der Waals surface area contributed by atoms with Crippen molar-refractivity contribution in [2.45, 2.75) is 5.92 Å². The molecule has 4 heterocycles. The first-order valence-corrected chi connectivity index (χ1v) is 7.26. The zero-order chi connectivity index (χ0) is 15.6. The molecule has 0 unspecified atom stereocenters. The normalized spacial score (nSPS) is 11.4. The van der Waals surface area contributed by atoms with Gasteiger partial charge >= 0.3 is 0 Å². The van der Waals surface area contributed by atoms with Crippen molar-refractivity contribution >= 4 is 16.9 Å². The Balaban J connectivity index is 1.63. The van der Waals surface area contributed by atoms with E-state index in [9.17, 15) is 0 Å². The number of nitrogens with zero attached hydrogens (tertiary/aromatic N) is 4. The maximum atomic E-state index is 5.55. The number of anilines is 1. The fraction of sp³-hybridized carbons (Fsp3) is 0.188. The van der Waals surface area contributed by atoms with Crippen molar-refractivity contribution < 1.29 is 8.83 Å². The van der Waals surface area contributed by atoms with Crippen molar-refractivity contribution in [3.05, 3.63) is 60.8 Å². The van der Waals surface area contributed by atoms with Crippen LogP contribution in [-0.2, 0) is 7.05 Å². The third kappa shape index (κ3) is 2.46. The van der Waals surface area contributed by atoms with Gasteiger partial charge in [-0.3, -0.25) is 4.68 Å². The molecule has 7 nitrogen and oxygen atoms in total. The monoisotopic (exact) mass is 309 g/mol. The molecule has 4 aromatic rings. The number of aryl methyl sites for hydroxylation is 1. The largest absolute Gasteiger partial charge is 0.469 e. The highest BCUT2D eigenvalue weighted by molar-refractivity contribution is 5.85. The summed E-state index contributed by atoms with van der Waals surface area (Å²) < 4.78 is 12.8. The number of hydrogen-bond donors (Lipinski definition) is 1. The van der Waals surface area contributed by atoms with Crippen molar-refractivity contribution in [2.24, 2.45) is 7.05 Å². The average molecular weight is 309 g/mol. The Hall–Kier alpha value is -3.09. The number of rotatable bonds is 5. The minimum absolute atomic E-state index is 0.0401. The summed E-state index contributed by atoms with van der Waals surface area (Å²) in [5.74, 6) is 2.38. The number of nitrogens with one attached hydrogen (secondary N) is 1. The van der Waals surface area contributed by atoms with E-state index in [-0.39, 0.29) is 5.92 Å². The van der Waals surface area contributed by atoms with Gasteiger partial charge in [-0.15, -0.1) is 0 Å². The summed E-state index contributed by atoms with van der Waals surface area (Å²) in [6.07, 6.45) is 6.61. The van der Waals surface area contributed by atoms with Crippen LogP contribution < -0.4 is 5.32 Å². The van der Waals surface area contributed by atoms with Gasteiger partial charge in [0.05, 0.1) is 30.0 Å². The zero-order valence-electron chi connectivity index (χ0n) is 12.5. The van der Waals surface area contributed by atoms with Crippen LogP contribution in [-0.4, -0.2) is 26.3 Å². The summed E-state index contributed by atoms with van der Waals surface area (Å²) in [5, 5.41) is 8.46. The minimum Gasteiger partial charge on any atom is -0.469 e. The molecule has 0 bridgehead atoms. The molecule has 116 valence electrons. The summed E-state index contributed by atoms with van der Waals surface area (Å²) in [5.41, 5.74) is 0.787. The molecule has 0 aliphatic rings. The fourth-order valence-corrected chi connectivity index (χ4v) is 2.62. The highest BCUT2D eigenvalue weighted by Crippen LogP contribution is 2.27. The molecule has 23 heavy (non-hydrogen) atoms. The summed E-state index contributed by atoms with van der Waals surface area (Å²) in [6, 6.07) is 7.62. The predicted molar refractivity (Wildman–Crippen MR) is 84.1 cm³/mol. The van der Waals surface area contributed by atoms with Crippen molar-refractivity contribution in [1.82, 2.24) is 19.7 Å². The maximum Gasteiger partial charge on any atom is 0.163 e. The molecule has 1 N–H and O–H groups in total. The molecule has 4 rings (SSSR count). The van der Waals surface area contributed by atoms with E-state index >= 15 is 0 Å². The van der Waals surface area contributed by atoms with Crippen LogP contribution in [0.2, 0.25) is 0 Å². The number of aromatic nitrogens is 4. The SMILES string of the molecule is Cn1ncc2c(NCC(c3ccco3)c3ccco3)ncnc21. The Bertz CT molecular complexity index is 862. The Morgan fingerprint density at radius 2 is 1.87 bits per heavy atom. The molecular formula is C16H15N5O2. The topological polar surface area (TPSA) is 81.9 Å². The lowest BCUT2D eigenvalue weighted by molar-refractivity contribution is 0.433. The summed E-state index contributed by atoms with van der Waals surface area (Å²) in [4.78, 5) is 8.56. The lowest BCUT2D eigenvalue weighted by Crippen LogP contribution is -2.14. The van der Waals surface area contributed by atoms with E-state index in [0.29, 0.717) is 6.54 Å². The molecular weight excluding hydrogens is 294 g/mol. The van der Waals surface area contributed by atoms with E-state index < -0.39 is 0 Å². The van der Waals surface area contributed by atoms with E-state index in [1.807, 2.05) is 31.3 Å². The molecule has 0 aliphatic carbocycles. The molecule has 0 aliphatic heterocycles. The van der Waals surface area contributed by atoms with E-state index in [4.69, 9.17) is 8.83 Å². The highest BCUT2D eigenvalue weighted by atomic mass is 16.3. The Morgan fingerprint density at radius 1 is 1.13 bits per heavy atom. The van der Waals surface area contributed by atoms with Crippen LogP contribution in [0.15, 0.2) is 58.2 Å². The second kappa shape index (κ2) is 5.60. The Morgan fingerprint density at radius 3 is 2.52 bits per heavy atom. The quantitative estimate of drug-likeness (QED) is 0.610. The van der Waals surface area contributed by atoms with Crippen LogP contribution in [0.25, 0.3) is 11.0 Å². The van der Waals surface area contributed by atoms with Gasteiger partial charge in [0.15, 0.2) is 5.65 Å². The second-order valence-corrected chi connectivity index (χ2v) is 5.19. The molecule has 0 spiro atoms. The fourth-order valence-electron chi connectivity index (χ4n) is 2.62. The molecule has 4 aromatic heterocycles. The maximum absolute atomic E-state index is 5.55. The number of fused-ring (bicyclic) bond motifs is 1. The molecule has 0 radical (unpaired) electrons. The third-order valence-corrected chi connectivity index (χ3v) is 3.78. The van der Waals surface area contributed by atoms with Crippen LogP contribution >= 0.6 is 0 Å². The standard InChI is InChI=1S/C16H15N5O2/c1-21-16-12(9-20-21)15(18-10-19-16)17-8-11(13-4-2-6-22-13)14-5-3-7-23-14/h2-7,9-11H,8H2,1H3,(H,17,18,19). The van der Waals surface area contributed by atoms with Crippen LogP contribution in [0.3, 0.4) is 0 Å². The van der Waals surface area contributed by atoms with Gasteiger partial charge in [0.2, 0.25) is 0 Å². The van der Waals surface area contributed by atoms with Crippen molar-refractivity contribution in [3.63, 3.8) is 0 Å². The van der Waals surface area contributed by atoms with Gasteiger partial charge in [0.1, 0.15) is 23.7 Å². The van der Waals surface area contributed by atoms with Crippen LogP contribution in [0, 0.1) is 0 Å². The first kappa shape index (κ1) is 13.6. The highest BCUT2D eigenvalue weighted by Gasteiger charge is 2.20. The average Bonchev–Trinajstić information content (AvgIpc) is 3.31. The Kier molecular flexibility index (Phi) is 3.30. The van der Waals surface area contributed by atoms with Gasteiger partial charge in [0, 0.05) is 13.6 Å². The van der Waals surface area contributed by atoms with Crippen molar-refractivity contribution in [1.29, 1.82) is 0 Å². The summed E-state index contributed by atoms with van der Waals surface area (Å²) in [7, 11) is 1.85. The molecule has 0 saturated heterocycles. The predicted octanol–water partition coefficient (Wildman–Crippen LogP) is 2.79. The van der Waals surface area contributed by atoms with E-state index in [0.717, 1.165) is 28.4 Å². The van der Waals surface area contributed by atoms with Crippen LogP contribution in [0.1, 0.15) is 17.4 Å². The zero-order valence-corrected chi connectivity index (χ0v) is 12.5. The van der Waals surface area contributed by atoms with E-state index in [2.05, 4.69) is 20.4 Å². The molecule has 0 atom stereocenters. The summed E-state index contributed by atoms with van der Waals surface area (Å²) in [6.45, 7) is 0.585. The third-order valence-electron chi connectivity index (χ3n) is 3.78. The molecule has 0 amide bonds. The number of hydrogen-bond acceptors (Lipinski definition) is 6. The minimum atomic E-state index is -0.0401.